The van der Waals surface area contributed by atoms with E-state index in [4.69, 9.17) is 0 Å². The van der Waals surface area contributed by atoms with Crippen molar-refractivity contribution in [2.24, 2.45) is 0 Å². The van der Waals surface area contributed by atoms with Crippen LogP contribution >= 0.6 is 0 Å². The highest BCUT2D eigenvalue weighted by Crippen LogP contribution is 2.21. The molecule has 2 unspecified atom stereocenters. The highest BCUT2D eigenvalue weighted by molar-refractivity contribution is 4.88. The molecule has 2 atom stereocenters. The molecule has 0 aromatic rings. The normalized spacial score (nSPS) is 43.7. The van der Waals surface area contributed by atoms with E-state index in [-0.39, 0.29) is 0 Å². The van der Waals surface area contributed by atoms with Gasteiger partial charge in [0.2, 0.25) is 0 Å². The van der Waals surface area contributed by atoms with Crippen molar-refractivity contribution in [3.05, 3.63) is 0 Å². The Hall–Kier alpha value is -0.0800. The highest BCUT2D eigenvalue weighted by Gasteiger charge is 2.31. The summed E-state index contributed by atoms with van der Waals surface area (Å²) in [7, 11) is 2.21. The summed E-state index contributed by atoms with van der Waals surface area (Å²) < 4.78 is 0. The SMILES string of the molecule is CN1CC2CCCC1N2. The summed E-state index contributed by atoms with van der Waals surface area (Å²) >= 11 is 0. The van der Waals surface area contributed by atoms with Crippen molar-refractivity contribution in [1.29, 1.82) is 0 Å². The Balaban J connectivity index is 2.07. The summed E-state index contributed by atoms with van der Waals surface area (Å²) in [4.78, 5) is 2.43. The lowest BCUT2D eigenvalue weighted by atomic mass is 10.1. The second kappa shape index (κ2) is 1.96. The zero-order valence-corrected chi connectivity index (χ0v) is 5.93. The average molecular weight is 126 g/mol. The topological polar surface area (TPSA) is 15.3 Å². The molecule has 0 aromatic heterocycles. The Morgan fingerprint density at radius 1 is 1.44 bits per heavy atom. The van der Waals surface area contributed by atoms with Crippen LogP contribution in [0, 0.1) is 0 Å². The van der Waals surface area contributed by atoms with Crippen LogP contribution in [0.1, 0.15) is 19.3 Å². The predicted octanol–water partition coefficient (Wildman–Crippen LogP) is 0.400. The molecular formula is C7H14N2. The van der Waals surface area contributed by atoms with Crippen LogP contribution in [0.25, 0.3) is 0 Å². The van der Waals surface area contributed by atoms with Gasteiger partial charge in [0.25, 0.3) is 0 Å². The van der Waals surface area contributed by atoms with Crippen LogP contribution < -0.4 is 5.32 Å². The van der Waals surface area contributed by atoms with Gasteiger partial charge in [-0.15, -0.1) is 0 Å². The zero-order chi connectivity index (χ0) is 6.27. The van der Waals surface area contributed by atoms with E-state index in [0.29, 0.717) is 6.17 Å². The molecule has 0 saturated carbocycles. The van der Waals surface area contributed by atoms with Gasteiger partial charge in [0.05, 0.1) is 6.17 Å². The number of piperidine rings is 1. The zero-order valence-electron chi connectivity index (χ0n) is 5.93. The van der Waals surface area contributed by atoms with Gasteiger partial charge in [-0.05, 0) is 26.3 Å². The van der Waals surface area contributed by atoms with Crippen molar-refractivity contribution < 1.29 is 0 Å². The third-order valence-electron chi connectivity index (χ3n) is 2.50. The van der Waals surface area contributed by atoms with E-state index in [2.05, 4.69) is 17.3 Å². The monoisotopic (exact) mass is 126 g/mol. The van der Waals surface area contributed by atoms with E-state index >= 15 is 0 Å². The first-order chi connectivity index (χ1) is 4.36. The van der Waals surface area contributed by atoms with Crippen molar-refractivity contribution in [3.8, 4) is 0 Å². The fourth-order valence-corrected chi connectivity index (χ4v) is 1.96. The molecule has 0 aromatic carbocycles. The molecule has 9 heavy (non-hydrogen) atoms. The molecule has 0 radical (unpaired) electrons. The van der Waals surface area contributed by atoms with Gasteiger partial charge in [-0.2, -0.15) is 0 Å². The fraction of sp³-hybridized carbons (Fsp3) is 1.00. The first-order valence-corrected chi connectivity index (χ1v) is 3.82. The van der Waals surface area contributed by atoms with Crippen molar-refractivity contribution in [3.63, 3.8) is 0 Å². The number of nitrogens with one attached hydrogen (secondary N) is 1. The molecule has 0 amide bonds. The first-order valence-electron chi connectivity index (χ1n) is 3.82. The van der Waals surface area contributed by atoms with Gasteiger partial charge < -0.3 is 0 Å². The summed E-state index contributed by atoms with van der Waals surface area (Å²) in [5.74, 6) is 0. The minimum absolute atomic E-state index is 0.712. The largest absolute Gasteiger partial charge is 0.298 e. The average Bonchev–Trinajstić information content (AvgIpc) is 2.09. The predicted molar refractivity (Wildman–Crippen MR) is 37.2 cm³/mol. The van der Waals surface area contributed by atoms with Gasteiger partial charge >= 0.3 is 0 Å². The Labute approximate surface area is 56.2 Å². The Kier molecular flexibility index (Phi) is 1.24. The van der Waals surface area contributed by atoms with Gasteiger partial charge in [0, 0.05) is 12.6 Å². The number of hydrogen-bond donors (Lipinski definition) is 1. The molecule has 2 heterocycles. The van der Waals surface area contributed by atoms with E-state index in [0.717, 1.165) is 6.04 Å². The van der Waals surface area contributed by atoms with Crippen molar-refractivity contribution in [2.45, 2.75) is 31.5 Å². The van der Waals surface area contributed by atoms with Crippen molar-refractivity contribution >= 4 is 0 Å². The number of rotatable bonds is 0. The van der Waals surface area contributed by atoms with Crippen molar-refractivity contribution in [1.82, 2.24) is 10.2 Å². The molecule has 52 valence electrons. The minimum Gasteiger partial charge on any atom is -0.298 e. The molecular weight excluding hydrogens is 112 g/mol. The van der Waals surface area contributed by atoms with Crippen molar-refractivity contribution in [2.75, 3.05) is 13.6 Å². The van der Waals surface area contributed by atoms with Crippen LogP contribution in [0.4, 0.5) is 0 Å². The maximum atomic E-state index is 3.57. The van der Waals surface area contributed by atoms with E-state index in [1.54, 1.807) is 0 Å². The molecule has 2 aliphatic heterocycles. The van der Waals surface area contributed by atoms with Gasteiger partial charge in [0.1, 0.15) is 0 Å². The van der Waals surface area contributed by atoms with Crippen LogP contribution in [0.3, 0.4) is 0 Å². The number of fused-ring (bicyclic) bond motifs is 2. The second-order valence-electron chi connectivity index (χ2n) is 3.25. The van der Waals surface area contributed by atoms with Gasteiger partial charge in [-0.25, -0.2) is 0 Å². The molecule has 2 nitrogen and oxygen atoms in total. The summed E-state index contributed by atoms with van der Waals surface area (Å²) in [5.41, 5.74) is 0. The van der Waals surface area contributed by atoms with Crippen LogP contribution in [-0.4, -0.2) is 30.7 Å². The smallest absolute Gasteiger partial charge is 0.0597 e. The highest BCUT2D eigenvalue weighted by atomic mass is 15.3. The van der Waals surface area contributed by atoms with E-state index in [9.17, 15) is 0 Å². The van der Waals surface area contributed by atoms with Gasteiger partial charge in [0.15, 0.2) is 0 Å². The summed E-state index contributed by atoms with van der Waals surface area (Å²) in [5, 5.41) is 3.57. The third kappa shape index (κ3) is 0.864. The number of likely N-dealkylation sites (tertiary alicyclic amines) is 1. The molecule has 2 fully saturated rings. The third-order valence-corrected chi connectivity index (χ3v) is 2.50. The standard InChI is InChI=1S/C7H14N2/c1-9-5-6-3-2-4-7(9)8-6/h6-8H,2-5H2,1H3. The molecule has 0 spiro atoms. The second-order valence-corrected chi connectivity index (χ2v) is 3.25. The maximum Gasteiger partial charge on any atom is 0.0597 e. The molecule has 0 aliphatic carbocycles. The van der Waals surface area contributed by atoms with Crippen LogP contribution in [0.2, 0.25) is 0 Å². The van der Waals surface area contributed by atoms with Crippen LogP contribution in [0.15, 0.2) is 0 Å². The summed E-state index contributed by atoms with van der Waals surface area (Å²) in [6.45, 7) is 1.27. The van der Waals surface area contributed by atoms with Crippen LogP contribution in [-0.2, 0) is 0 Å². The van der Waals surface area contributed by atoms with Gasteiger partial charge in [-0.3, -0.25) is 10.2 Å². The quantitative estimate of drug-likeness (QED) is 0.505. The summed E-state index contributed by atoms with van der Waals surface area (Å²) in [6.07, 6.45) is 4.88. The lowest BCUT2D eigenvalue weighted by Gasteiger charge is -2.21. The number of hydrogen-bond acceptors (Lipinski definition) is 2. The Morgan fingerprint density at radius 2 is 2.33 bits per heavy atom. The number of nitrogens with zero attached hydrogens (tertiary/aromatic N) is 1. The molecule has 2 heteroatoms. The minimum atomic E-state index is 0.712. The van der Waals surface area contributed by atoms with Gasteiger partial charge in [-0.1, -0.05) is 0 Å². The Morgan fingerprint density at radius 3 is 3.00 bits per heavy atom. The molecule has 2 rings (SSSR count). The maximum absolute atomic E-state index is 3.57. The number of likely N-dealkylation sites (N-methyl/N-ethyl adjacent to an activating group) is 1. The molecule has 2 bridgehead atoms. The molecule has 2 aliphatic rings. The fourth-order valence-electron chi connectivity index (χ4n) is 1.96. The molecule has 2 saturated heterocycles. The lowest BCUT2D eigenvalue weighted by Crippen LogP contribution is -2.37. The van der Waals surface area contributed by atoms with Crippen LogP contribution in [0.5, 0.6) is 0 Å². The lowest BCUT2D eigenvalue weighted by molar-refractivity contribution is 0.270. The van der Waals surface area contributed by atoms with E-state index < -0.39 is 0 Å². The Bertz CT molecular complexity index is 111. The first kappa shape index (κ1) is 5.69. The summed E-state index contributed by atoms with van der Waals surface area (Å²) in [6, 6.07) is 0.814. The van der Waals surface area contributed by atoms with E-state index in [1.165, 1.54) is 25.8 Å². The molecule has 1 N–H and O–H groups in total. The van der Waals surface area contributed by atoms with E-state index in [1.807, 2.05) is 0 Å².